The third kappa shape index (κ3) is 1.94. The Kier molecular flexibility index (Phi) is 2.87. The van der Waals surface area contributed by atoms with Gasteiger partial charge in [0, 0.05) is 25.3 Å². The standard InChI is InChI=1S/C11H14N2O2/c1-15-10-4-5-13-9(7-10)8-12-11(13)3-2-6-14/h4-5,7-8,14H,2-3,6H2,1H3. The number of aryl methyl sites for hydroxylation is 1. The Morgan fingerprint density at radius 3 is 3.13 bits per heavy atom. The second kappa shape index (κ2) is 4.31. The number of ether oxygens (including phenoxy) is 1. The van der Waals surface area contributed by atoms with Crippen molar-refractivity contribution in [2.45, 2.75) is 12.8 Å². The Morgan fingerprint density at radius 1 is 1.53 bits per heavy atom. The number of rotatable bonds is 4. The Morgan fingerprint density at radius 2 is 2.40 bits per heavy atom. The summed E-state index contributed by atoms with van der Waals surface area (Å²) in [7, 11) is 1.65. The highest BCUT2D eigenvalue weighted by Gasteiger charge is 2.03. The third-order valence-electron chi connectivity index (χ3n) is 2.37. The summed E-state index contributed by atoms with van der Waals surface area (Å²) < 4.78 is 7.14. The fourth-order valence-corrected chi connectivity index (χ4v) is 1.58. The lowest BCUT2D eigenvalue weighted by Crippen LogP contribution is -1.97. The van der Waals surface area contributed by atoms with E-state index in [1.807, 2.05) is 28.9 Å². The Balaban J connectivity index is 2.34. The molecule has 0 spiro atoms. The molecule has 0 aliphatic rings. The highest BCUT2D eigenvalue weighted by atomic mass is 16.5. The zero-order chi connectivity index (χ0) is 10.7. The molecule has 1 N–H and O–H groups in total. The van der Waals surface area contributed by atoms with Gasteiger partial charge in [-0.1, -0.05) is 0 Å². The number of nitrogens with zero attached hydrogens (tertiary/aromatic N) is 2. The number of pyridine rings is 1. The molecule has 0 amide bonds. The van der Waals surface area contributed by atoms with E-state index < -0.39 is 0 Å². The second-order valence-corrected chi connectivity index (χ2v) is 3.36. The lowest BCUT2D eigenvalue weighted by atomic mass is 10.3. The molecule has 4 heteroatoms. The van der Waals surface area contributed by atoms with Crippen LogP contribution in [0.5, 0.6) is 5.75 Å². The zero-order valence-electron chi connectivity index (χ0n) is 8.68. The van der Waals surface area contributed by atoms with Gasteiger partial charge in [0.25, 0.3) is 0 Å². The van der Waals surface area contributed by atoms with E-state index in [0.29, 0.717) is 0 Å². The third-order valence-corrected chi connectivity index (χ3v) is 2.37. The molecule has 0 atom stereocenters. The van der Waals surface area contributed by atoms with Crippen LogP contribution in [0.4, 0.5) is 0 Å². The number of hydrogen-bond donors (Lipinski definition) is 1. The van der Waals surface area contributed by atoms with Gasteiger partial charge in [0.05, 0.1) is 18.8 Å². The Hall–Kier alpha value is -1.55. The summed E-state index contributed by atoms with van der Waals surface area (Å²) in [6, 6.07) is 3.84. The van der Waals surface area contributed by atoms with Crippen LogP contribution in [0.1, 0.15) is 12.2 Å². The zero-order valence-corrected chi connectivity index (χ0v) is 8.68. The van der Waals surface area contributed by atoms with Crippen LogP contribution in [-0.4, -0.2) is 28.2 Å². The summed E-state index contributed by atoms with van der Waals surface area (Å²) >= 11 is 0. The molecule has 0 aliphatic carbocycles. The second-order valence-electron chi connectivity index (χ2n) is 3.36. The molecule has 0 fully saturated rings. The molecular formula is C11H14N2O2. The van der Waals surface area contributed by atoms with E-state index in [2.05, 4.69) is 4.98 Å². The predicted molar refractivity (Wildman–Crippen MR) is 57.2 cm³/mol. The average molecular weight is 206 g/mol. The maximum absolute atomic E-state index is 8.76. The van der Waals surface area contributed by atoms with E-state index in [1.165, 1.54) is 0 Å². The Labute approximate surface area is 88.1 Å². The van der Waals surface area contributed by atoms with Crippen LogP contribution in [0.15, 0.2) is 24.5 Å². The SMILES string of the molecule is COc1ccn2c(CCCO)ncc2c1. The van der Waals surface area contributed by atoms with E-state index in [0.717, 1.165) is 29.9 Å². The first kappa shape index (κ1) is 9.98. The van der Waals surface area contributed by atoms with Crippen molar-refractivity contribution >= 4 is 5.52 Å². The summed E-state index contributed by atoms with van der Waals surface area (Å²) in [5.41, 5.74) is 1.02. The van der Waals surface area contributed by atoms with Gasteiger partial charge in [-0.15, -0.1) is 0 Å². The van der Waals surface area contributed by atoms with Crippen LogP contribution in [0.25, 0.3) is 5.52 Å². The first-order valence-corrected chi connectivity index (χ1v) is 4.96. The van der Waals surface area contributed by atoms with Gasteiger partial charge < -0.3 is 14.2 Å². The van der Waals surface area contributed by atoms with Crippen LogP contribution >= 0.6 is 0 Å². The van der Waals surface area contributed by atoms with Gasteiger partial charge in [0.2, 0.25) is 0 Å². The molecule has 0 aromatic carbocycles. The maximum atomic E-state index is 8.76. The fraction of sp³-hybridized carbons (Fsp3) is 0.364. The molecule has 80 valence electrons. The highest BCUT2D eigenvalue weighted by Crippen LogP contribution is 2.15. The van der Waals surface area contributed by atoms with Crippen molar-refractivity contribution in [3.05, 3.63) is 30.4 Å². The molecular weight excluding hydrogens is 192 g/mol. The van der Waals surface area contributed by atoms with E-state index in [1.54, 1.807) is 7.11 Å². The van der Waals surface area contributed by atoms with Crippen molar-refractivity contribution in [2.75, 3.05) is 13.7 Å². The molecule has 2 heterocycles. The van der Waals surface area contributed by atoms with Gasteiger partial charge >= 0.3 is 0 Å². The number of methoxy groups -OCH3 is 1. The topological polar surface area (TPSA) is 46.8 Å². The molecule has 0 saturated carbocycles. The quantitative estimate of drug-likeness (QED) is 0.819. The van der Waals surface area contributed by atoms with Crippen LogP contribution in [-0.2, 0) is 6.42 Å². The van der Waals surface area contributed by atoms with E-state index in [4.69, 9.17) is 9.84 Å². The predicted octanol–water partition coefficient (Wildman–Crippen LogP) is 1.27. The van der Waals surface area contributed by atoms with Crippen molar-refractivity contribution in [2.24, 2.45) is 0 Å². The highest BCUT2D eigenvalue weighted by molar-refractivity contribution is 5.50. The van der Waals surface area contributed by atoms with Crippen molar-refractivity contribution in [3.63, 3.8) is 0 Å². The van der Waals surface area contributed by atoms with E-state index in [9.17, 15) is 0 Å². The average Bonchev–Trinajstić information content (AvgIpc) is 2.68. The summed E-state index contributed by atoms with van der Waals surface area (Å²) in [4.78, 5) is 4.30. The van der Waals surface area contributed by atoms with Gasteiger partial charge in [0.15, 0.2) is 0 Å². The minimum absolute atomic E-state index is 0.199. The monoisotopic (exact) mass is 206 g/mol. The minimum atomic E-state index is 0.199. The van der Waals surface area contributed by atoms with Crippen LogP contribution in [0.3, 0.4) is 0 Å². The first-order valence-electron chi connectivity index (χ1n) is 4.96. The molecule has 2 aromatic heterocycles. The van der Waals surface area contributed by atoms with Crippen molar-refractivity contribution in [3.8, 4) is 5.75 Å². The lowest BCUT2D eigenvalue weighted by Gasteiger charge is -2.02. The number of aliphatic hydroxyl groups excluding tert-OH is 1. The van der Waals surface area contributed by atoms with Gasteiger partial charge in [-0.2, -0.15) is 0 Å². The smallest absolute Gasteiger partial charge is 0.122 e. The molecule has 2 aromatic rings. The number of aliphatic hydroxyl groups is 1. The normalized spacial score (nSPS) is 10.8. The number of fused-ring (bicyclic) bond motifs is 1. The molecule has 0 saturated heterocycles. The minimum Gasteiger partial charge on any atom is -0.497 e. The van der Waals surface area contributed by atoms with Gasteiger partial charge in [-0.3, -0.25) is 0 Å². The van der Waals surface area contributed by atoms with Crippen LogP contribution < -0.4 is 4.74 Å². The molecule has 4 nitrogen and oxygen atoms in total. The van der Waals surface area contributed by atoms with Gasteiger partial charge in [-0.05, 0) is 12.5 Å². The number of hydrogen-bond acceptors (Lipinski definition) is 3. The molecule has 0 unspecified atom stereocenters. The van der Waals surface area contributed by atoms with Crippen molar-refractivity contribution in [1.29, 1.82) is 0 Å². The van der Waals surface area contributed by atoms with Gasteiger partial charge in [0.1, 0.15) is 11.6 Å². The largest absolute Gasteiger partial charge is 0.497 e. The Bertz CT molecular complexity index is 451. The molecule has 15 heavy (non-hydrogen) atoms. The molecule has 0 radical (unpaired) electrons. The summed E-state index contributed by atoms with van der Waals surface area (Å²) in [5, 5.41) is 8.76. The number of aromatic nitrogens is 2. The summed E-state index contributed by atoms with van der Waals surface area (Å²) in [6.45, 7) is 0.199. The van der Waals surface area contributed by atoms with E-state index >= 15 is 0 Å². The summed E-state index contributed by atoms with van der Waals surface area (Å²) in [5.74, 6) is 1.80. The maximum Gasteiger partial charge on any atom is 0.122 e. The van der Waals surface area contributed by atoms with Crippen LogP contribution in [0, 0.1) is 0 Å². The number of imidazole rings is 1. The van der Waals surface area contributed by atoms with Gasteiger partial charge in [-0.25, -0.2) is 4.98 Å². The van der Waals surface area contributed by atoms with E-state index in [-0.39, 0.29) is 6.61 Å². The van der Waals surface area contributed by atoms with Crippen molar-refractivity contribution in [1.82, 2.24) is 9.38 Å². The molecule has 0 bridgehead atoms. The fourth-order valence-electron chi connectivity index (χ4n) is 1.58. The van der Waals surface area contributed by atoms with Crippen molar-refractivity contribution < 1.29 is 9.84 Å². The molecule has 0 aliphatic heterocycles. The first-order chi connectivity index (χ1) is 7.35. The van der Waals surface area contributed by atoms with Crippen LogP contribution in [0.2, 0.25) is 0 Å². The lowest BCUT2D eigenvalue weighted by molar-refractivity contribution is 0.287. The molecule has 2 rings (SSSR count). The summed E-state index contributed by atoms with van der Waals surface area (Å²) in [6.07, 6.45) is 5.28.